The molecule has 3 nitrogen and oxygen atoms in total. The summed E-state index contributed by atoms with van der Waals surface area (Å²) >= 11 is 1.71. The summed E-state index contributed by atoms with van der Waals surface area (Å²) in [5, 5.41) is 15.5. The van der Waals surface area contributed by atoms with Crippen LogP contribution in [0.4, 0.5) is 0 Å². The zero-order chi connectivity index (χ0) is 22.8. The molecule has 0 amide bonds. The quantitative estimate of drug-likeness (QED) is 0.301. The molecular weight excluding hydrogens is 400 g/mol. The second kappa shape index (κ2) is 12.0. The van der Waals surface area contributed by atoms with Crippen molar-refractivity contribution in [2.24, 2.45) is 0 Å². The number of rotatable bonds is 7. The van der Waals surface area contributed by atoms with E-state index < -0.39 is 0 Å². The van der Waals surface area contributed by atoms with Crippen LogP contribution in [0, 0.1) is 0 Å². The van der Waals surface area contributed by atoms with E-state index in [2.05, 4.69) is 53.5 Å². The summed E-state index contributed by atoms with van der Waals surface area (Å²) in [7, 11) is 0. The largest absolute Gasteiger partial charge is 0.505 e. The predicted molar refractivity (Wildman–Crippen MR) is 136 cm³/mol. The number of nitrogens with zero attached hydrogens (tertiary/aromatic N) is 1. The van der Waals surface area contributed by atoms with E-state index in [4.69, 9.17) is 0 Å². The van der Waals surface area contributed by atoms with Crippen molar-refractivity contribution >= 4 is 22.7 Å². The van der Waals surface area contributed by atoms with Gasteiger partial charge in [-0.15, -0.1) is 11.8 Å². The number of nitrogens with one attached hydrogen (secondary N) is 1. The van der Waals surface area contributed by atoms with Crippen LogP contribution in [0.5, 0.6) is 5.75 Å². The van der Waals surface area contributed by atoms with E-state index in [9.17, 15) is 5.11 Å². The van der Waals surface area contributed by atoms with Crippen molar-refractivity contribution in [1.82, 2.24) is 10.3 Å². The molecular formula is C27H32N2OS. The maximum Gasteiger partial charge on any atom is 0.147 e. The van der Waals surface area contributed by atoms with E-state index in [1.807, 2.05) is 58.0 Å². The average Bonchev–Trinajstić information content (AvgIpc) is 2.80. The molecule has 0 aliphatic rings. The lowest BCUT2D eigenvalue weighted by molar-refractivity contribution is 0.466. The first kappa shape index (κ1) is 24.3. The van der Waals surface area contributed by atoms with Crippen molar-refractivity contribution in [2.75, 3.05) is 6.26 Å². The Hall–Kier alpha value is -2.98. The van der Waals surface area contributed by atoms with Gasteiger partial charge in [0.05, 0.1) is 6.04 Å². The van der Waals surface area contributed by atoms with E-state index in [0.717, 1.165) is 27.8 Å². The summed E-state index contributed by atoms with van der Waals surface area (Å²) in [6.45, 7) is 11.8. The smallest absolute Gasteiger partial charge is 0.147 e. The van der Waals surface area contributed by atoms with Gasteiger partial charge in [0, 0.05) is 27.7 Å². The first-order valence-electron chi connectivity index (χ1n) is 10.5. The van der Waals surface area contributed by atoms with Gasteiger partial charge in [-0.1, -0.05) is 62.9 Å². The number of thioether (sulfide) groups is 1. The molecule has 0 aliphatic heterocycles. The highest BCUT2D eigenvalue weighted by atomic mass is 32.2. The number of pyridine rings is 1. The van der Waals surface area contributed by atoms with Gasteiger partial charge in [0.25, 0.3) is 0 Å². The molecule has 1 aromatic heterocycles. The van der Waals surface area contributed by atoms with Gasteiger partial charge in [-0.3, -0.25) is 4.98 Å². The molecule has 0 bridgehead atoms. The normalized spacial score (nSPS) is 12.7. The summed E-state index contributed by atoms with van der Waals surface area (Å²) in [5.41, 5.74) is 4.59. The lowest BCUT2D eigenvalue weighted by atomic mass is 9.96. The van der Waals surface area contributed by atoms with Gasteiger partial charge in [0.15, 0.2) is 0 Å². The first-order valence-corrected chi connectivity index (χ1v) is 11.7. The summed E-state index contributed by atoms with van der Waals surface area (Å²) in [5.74, 6) is 0.209. The highest BCUT2D eigenvalue weighted by Crippen LogP contribution is 2.35. The minimum atomic E-state index is -0.204. The van der Waals surface area contributed by atoms with E-state index in [-0.39, 0.29) is 11.8 Å². The molecule has 0 fully saturated rings. The monoisotopic (exact) mass is 432 g/mol. The highest BCUT2D eigenvalue weighted by Gasteiger charge is 2.20. The number of aromatic hydroxyl groups is 1. The van der Waals surface area contributed by atoms with Crippen molar-refractivity contribution in [3.63, 3.8) is 0 Å². The molecule has 0 saturated heterocycles. The maximum atomic E-state index is 11.0. The molecule has 1 atom stereocenters. The predicted octanol–water partition coefficient (Wildman–Crippen LogP) is 7.40. The van der Waals surface area contributed by atoms with Gasteiger partial charge in [-0.05, 0) is 55.5 Å². The molecule has 3 rings (SSSR count). The van der Waals surface area contributed by atoms with Gasteiger partial charge in [0.2, 0.25) is 0 Å². The molecule has 0 radical (unpaired) electrons. The fraction of sp³-hybridized carbons (Fsp3) is 0.222. The maximum absolute atomic E-state index is 11.0. The number of phenolic OH excluding ortho intramolecular Hbond substituents is 1. The Morgan fingerprint density at radius 3 is 2.45 bits per heavy atom. The minimum Gasteiger partial charge on any atom is -0.505 e. The third kappa shape index (κ3) is 6.25. The van der Waals surface area contributed by atoms with E-state index >= 15 is 0 Å². The zero-order valence-corrected chi connectivity index (χ0v) is 19.8. The number of aromatic nitrogens is 1. The molecule has 162 valence electrons. The summed E-state index contributed by atoms with van der Waals surface area (Å²) in [6.07, 6.45) is 9.58. The van der Waals surface area contributed by atoms with Crippen LogP contribution < -0.4 is 5.32 Å². The third-order valence-corrected chi connectivity index (χ3v) is 5.48. The van der Waals surface area contributed by atoms with E-state index in [1.54, 1.807) is 24.0 Å². The van der Waals surface area contributed by atoms with E-state index in [1.165, 1.54) is 4.90 Å². The number of phenols is 1. The average molecular weight is 433 g/mol. The first-order chi connectivity index (χ1) is 15.0. The van der Waals surface area contributed by atoms with Crippen molar-refractivity contribution in [1.29, 1.82) is 0 Å². The van der Waals surface area contributed by atoms with Crippen LogP contribution in [0.2, 0.25) is 0 Å². The molecule has 0 spiro atoms. The van der Waals surface area contributed by atoms with Crippen molar-refractivity contribution in [2.45, 2.75) is 38.6 Å². The molecule has 3 aromatic rings. The molecule has 1 unspecified atom stereocenters. The second-order valence-electron chi connectivity index (χ2n) is 6.90. The second-order valence-corrected chi connectivity index (χ2v) is 7.78. The van der Waals surface area contributed by atoms with Crippen molar-refractivity contribution in [3.8, 4) is 5.75 Å². The fourth-order valence-electron chi connectivity index (χ4n) is 3.36. The van der Waals surface area contributed by atoms with Crippen LogP contribution in [-0.2, 0) is 0 Å². The van der Waals surface area contributed by atoms with Crippen LogP contribution in [0.3, 0.4) is 0 Å². The number of allylic oxidation sites excluding steroid dienone is 5. The molecule has 1 heterocycles. The zero-order valence-electron chi connectivity index (χ0n) is 19.0. The Bertz CT molecular complexity index is 1070. The van der Waals surface area contributed by atoms with Gasteiger partial charge < -0.3 is 10.4 Å². The van der Waals surface area contributed by atoms with Crippen LogP contribution in [0.15, 0.2) is 95.7 Å². The fourth-order valence-corrected chi connectivity index (χ4v) is 3.77. The van der Waals surface area contributed by atoms with Gasteiger partial charge >= 0.3 is 0 Å². The van der Waals surface area contributed by atoms with E-state index in [0.29, 0.717) is 5.52 Å². The molecule has 2 aromatic carbocycles. The van der Waals surface area contributed by atoms with Crippen molar-refractivity contribution < 1.29 is 5.11 Å². The summed E-state index contributed by atoms with van der Waals surface area (Å²) in [6, 6.07) is 16.0. The van der Waals surface area contributed by atoms with Crippen LogP contribution in [0.25, 0.3) is 10.9 Å². The van der Waals surface area contributed by atoms with Gasteiger partial charge in [0.1, 0.15) is 11.3 Å². The number of benzene rings is 2. The Morgan fingerprint density at radius 1 is 1.10 bits per heavy atom. The summed E-state index contributed by atoms with van der Waals surface area (Å²) < 4.78 is 0. The van der Waals surface area contributed by atoms with Crippen LogP contribution in [-0.4, -0.2) is 16.3 Å². The Balaban J connectivity index is 0.00000166. The Labute approximate surface area is 190 Å². The molecule has 2 N–H and O–H groups in total. The third-order valence-electron chi connectivity index (χ3n) is 4.74. The molecule has 4 heteroatoms. The SMILES string of the molecule is C=C/C=C(C)\C=C(/C)NC(c1ccc(SC)cc1)c1ccc2cccnc2c1O.CC. The molecule has 31 heavy (non-hydrogen) atoms. The topological polar surface area (TPSA) is 45.2 Å². The van der Waals surface area contributed by atoms with Crippen molar-refractivity contribution in [3.05, 3.63) is 102 Å². The summed E-state index contributed by atoms with van der Waals surface area (Å²) in [4.78, 5) is 5.58. The number of hydrogen-bond acceptors (Lipinski definition) is 4. The van der Waals surface area contributed by atoms with Gasteiger partial charge in [-0.25, -0.2) is 0 Å². The standard InChI is InChI=1S/C25H26N2OS.C2H6/c1-5-7-17(2)16-18(3)27-23(20-9-12-21(29-4)13-10-20)22-14-11-19-8-6-15-26-24(19)25(22)28;1-2/h5-16,23,27-28H,1H2,2-4H3;1-2H3/b17-7-,18-16+;. The number of fused-ring (bicyclic) bond motifs is 1. The molecule has 0 saturated carbocycles. The lowest BCUT2D eigenvalue weighted by Crippen LogP contribution is -2.21. The lowest BCUT2D eigenvalue weighted by Gasteiger charge is -2.23. The molecule has 0 aliphatic carbocycles. The van der Waals surface area contributed by atoms with Crippen LogP contribution in [0.1, 0.15) is 44.9 Å². The van der Waals surface area contributed by atoms with Gasteiger partial charge in [-0.2, -0.15) is 0 Å². The number of hydrogen-bond donors (Lipinski definition) is 2. The van der Waals surface area contributed by atoms with Crippen LogP contribution >= 0.6 is 11.8 Å². The Kier molecular flexibility index (Phi) is 9.41. The highest BCUT2D eigenvalue weighted by molar-refractivity contribution is 7.98. The Morgan fingerprint density at radius 2 is 1.81 bits per heavy atom. The minimum absolute atomic E-state index is 0.204.